The molecule has 1 heterocycles. The molecule has 2 amide bonds. The van der Waals surface area contributed by atoms with E-state index in [9.17, 15) is 14.0 Å². The molecule has 0 radical (unpaired) electrons. The van der Waals surface area contributed by atoms with E-state index in [1.54, 1.807) is 24.3 Å². The van der Waals surface area contributed by atoms with E-state index < -0.39 is 0 Å². The SMILES string of the molecule is Cc1sc(NC(=O)c2ccccc2SCC(=O)NC(C)C)nc1-c1ccc(F)cc1. The highest BCUT2D eigenvalue weighted by Gasteiger charge is 2.16. The second-order valence-electron chi connectivity index (χ2n) is 6.89. The lowest BCUT2D eigenvalue weighted by Gasteiger charge is -2.10. The van der Waals surface area contributed by atoms with Crippen molar-refractivity contribution in [1.29, 1.82) is 0 Å². The van der Waals surface area contributed by atoms with Gasteiger partial charge in [0.15, 0.2) is 5.13 Å². The van der Waals surface area contributed by atoms with Crippen molar-refractivity contribution in [2.75, 3.05) is 11.1 Å². The van der Waals surface area contributed by atoms with Gasteiger partial charge >= 0.3 is 0 Å². The number of nitrogens with one attached hydrogen (secondary N) is 2. The van der Waals surface area contributed by atoms with Gasteiger partial charge in [-0.25, -0.2) is 9.37 Å². The Morgan fingerprint density at radius 2 is 1.83 bits per heavy atom. The topological polar surface area (TPSA) is 71.1 Å². The van der Waals surface area contributed by atoms with Gasteiger partial charge in [-0.1, -0.05) is 12.1 Å². The van der Waals surface area contributed by atoms with Gasteiger partial charge in [-0.15, -0.1) is 23.1 Å². The Labute approximate surface area is 183 Å². The first-order chi connectivity index (χ1) is 14.3. The standard InChI is InChI=1S/C22H22FN3O2S2/c1-13(2)24-19(27)12-29-18-7-5-4-6-17(18)21(28)26-22-25-20(14(3)30-22)15-8-10-16(23)11-9-15/h4-11,13H,12H2,1-3H3,(H,24,27)(H,25,26,28). The van der Waals surface area contributed by atoms with Crippen LogP contribution in [0.5, 0.6) is 0 Å². The lowest BCUT2D eigenvalue weighted by molar-refractivity contribution is -0.119. The number of amides is 2. The maximum atomic E-state index is 13.2. The summed E-state index contributed by atoms with van der Waals surface area (Å²) in [6.45, 7) is 5.71. The van der Waals surface area contributed by atoms with Crippen molar-refractivity contribution in [3.05, 3.63) is 64.8 Å². The Kier molecular flexibility index (Phi) is 7.23. The Bertz CT molecular complexity index is 1050. The van der Waals surface area contributed by atoms with Gasteiger partial charge in [0.05, 0.1) is 17.0 Å². The largest absolute Gasteiger partial charge is 0.353 e. The maximum Gasteiger partial charge on any atom is 0.258 e. The molecule has 0 saturated carbocycles. The highest BCUT2D eigenvalue weighted by atomic mass is 32.2. The van der Waals surface area contributed by atoms with Crippen LogP contribution in [0.15, 0.2) is 53.4 Å². The van der Waals surface area contributed by atoms with Crippen LogP contribution in [-0.4, -0.2) is 28.6 Å². The lowest BCUT2D eigenvalue weighted by Crippen LogP contribution is -2.31. The average molecular weight is 444 g/mol. The van der Waals surface area contributed by atoms with Crippen molar-refractivity contribution in [1.82, 2.24) is 10.3 Å². The van der Waals surface area contributed by atoms with Gasteiger partial charge < -0.3 is 5.32 Å². The number of hydrogen-bond acceptors (Lipinski definition) is 5. The van der Waals surface area contributed by atoms with Crippen LogP contribution in [0, 0.1) is 12.7 Å². The van der Waals surface area contributed by atoms with Gasteiger partial charge in [-0.2, -0.15) is 0 Å². The molecule has 156 valence electrons. The number of thiazole rings is 1. The van der Waals surface area contributed by atoms with Crippen LogP contribution in [0.25, 0.3) is 11.3 Å². The third kappa shape index (κ3) is 5.67. The number of aryl methyl sites for hydroxylation is 1. The quantitative estimate of drug-likeness (QED) is 0.497. The molecule has 1 aromatic heterocycles. The number of halogens is 1. The van der Waals surface area contributed by atoms with Gasteiger partial charge in [-0.3, -0.25) is 14.9 Å². The van der Waals surface area contributed by atoms with Crippen molar-refractivity contribution in [3.8, 4) is 11.3 Å². The summed E-state index contributed by atoms with van der Waals surface area (Å²) >= 11 is 2.68. The van der Waals surface area contributed by atoms with E-state index in [1.807, 2.05) is 32.9 Å². The van der Waals surface area contributed by atoms with Crippen LogP contribution >= 0.6 is 23.1 Å². The van der Waals surface area contributed by atoms with Crippen molar-refractivity contribution < 1.29 is 14.0 Å². The minimum atomic E-state index is -0.309. The molecule has 0 bridgehead atoms. The zero-order valence-corrected chi connectivity index (χ0v) is 18.5. The smallest absolute Gasteiger partial charge is 0.258 e. The zero-order valence-electron chi connectivity index (χ0n) is 16.9. The summed E-state index contributed by atoms with van der Waals surface area (Å²) in [5.41, 5.74) is 1.98. The summed E-state index contributed by atoms with van der Waals surface area (Å²) in [4.78, 5) is 30.9. The summed E-state index contributed by atoms with van der Waals surface area (Å²) in [5, 5.41) is 6.15. The van der Waals surface area contributed by atoms with Gasteiger partial charge in [0.2, 0.25) is 5.91 Å². The predicted molar refractivity (Wildman–Crippen MR) is 121 cm³/mol. The number of thioether (sulfide) groups is 1. The van der Waals surface area contributed by atoms with E-state index in [1.165, 1.54) is 35.2 Å². The van der Waals surface area contributed by atoms with E-state index in [4.69, 9.17) is 0 Å². The molecular weight excluding hydrogens is 421 g/mol. The van der Waals surface area contributed by atoms with Crippen LogP contribution in [0.3, 0.4) is 0 Å². The van der Waals surface area contributed by atoms with E-state index in [0.717, 1.165) is 15.3 Å². The van der Waals surface area contributed by atoms with Crippen molar-refractivity contribution in [2.24, 2.45) is 0 Å². The Hall–Kier alpha value is -2.71. The van der Waals surface area contributed by atoms with Gasteiger partial charge in [-0.05, 0) is 57.2 Å². The van der Waals surface area contributed by atoms with Crippen LogP contribution < -0.4 is 10.6 Å². The Morgan fingerprint density at radius 1 is 1.13 bits per heavy atom. The molecule has 0 aliphatic heterocycles. The molecule has 0 unspecified atom stereocenters. The number of aromatic nitrogens is 1. The number of carbonyl (C=O) groups is 2. The first-order valence-electron chi connectivity index (χ1n) is 9.39. The molecule has 0 aliphatic carbocycles. The molecule has 0 fully saturated rings. The first kappa shape index (κ1) is 22.0. The van der Waals surface area contributed by atoms with Crippen LogP contribution in [0.2, 0.25) is 0 Å². The highest BCUT2D eigenvalue weighted by Crippen LogP contribution is 2.31. The molecule has 0 aliphatic rings. The van der Waals surface area contributed by atoms with E-state index in [0.29, 0.717) is 16.4 Å². The monoisotopic (exact) mass is 443 g/mol. The molecule has 2 N–H and O–H groups in total. The molecule has 3 aromatic rings. The van der Waals surface area contributed by atoms with E-state index in [2.05, 4.69) is 15.6 Å². The maximum absolute atomic E-state index is 13.2. The minimum Gasteiger partial charge on any atom is -0.353 e. The molecular formula is C22H22FN3O2S2. The Balaban J connectivity index is 1.73. The second-order valence-corrected chi connectivity index (χ2v) is 9.11. The number of hydrogen-bond donors (Lipinski definition) is 2. The molecule has 0 spiro atoms. The van der Waals surface area contributed by atoms with E-state index in [-0.39, 0.29) is 29.4 Å². The van der Waals surface area contributed by atoms with Crippen molar-refractivity contribution in [2.45, 2.75) is 31.7 Å². The minimum absolute atomic E-state index is 0.0695. The number of rotatable bonds is 7. The number of carbonyl (C=O) groups excluding carboxylic acids is 2. The Morgan fingerprint density at radius 3 is 2.53 bits per heavy atom. The fourth-order valence-corrected chi connectivity index (χ4v) is 4.47. The summed E-state index contributed by atoms with van der Waals surface area (Å²) in [7, 11) is 0. The average Bonchev–Trinajstić information content (AvgIpc) is 3.06. The van der Waals surface area contributed by atoms with Gasteiger partial charge in [0.1, 0.15) is 5.82 Å². The summed E-state index contributed by atoms with van der Waals surface area (Å²) < 4.78 is 13.2. The molecule has 0 saturated heterocycles. The van der Waals surface area contributed by atoms with Crippen molar-refractivity contribution in [3.63, 3.8) is 0 Å². The summed E-state index contributed by atoms with van der Waals surface area (Å²) in [6.07, 6.45) is 0. The number of anilines is 1. The first-order valence-corrected chi connectivity index (χ1v) is 11.2. The van der Waals surface area contributed by atoms with E-state index >= 15 is 0 Å². The third-order valence-corrected chi connectivity index (χ3v) is 6.03. The normalized spacial score (nSPS) is 10.8. The second kappa shape index (κ2) is 9.86. The van der Waals surface area contributed by atoms with Crippen LogP contribution in [0.4, 0.5) is 9.52 Å². The van der Waals surface area contributed by atoms with Crippen LogP contribution in [0.1, 0.15) is 29.1 Å². The number of benzene rings is 2. The fraction of sp³-hybridized carbons (Fsp3) is 0.227. The third-order valence-electron chi connectivity index (χ3n) is 4.07. The fourth-order valence-electron chi connectivity index (χ4n) is 2.78. The lowest BCUT2D eigenvalue weighted by atomic mass is 10.1. The summed E-state index contributed by atoms with van der Waals surface area (Å²) in [6, 6.07) is 13.3. The van der Waals surface area contributed by atoms with Gasteiger partial charge in [0.25, 0.3) is 5.91 Å². The predicted octanol–water partition coefficient (Wildman–Crippen LogP) is 5.13. The molecule has 5 nitrogen and oxygen atoms in total. The number of nitrogens with zero attached hydrogens (tertiary/aromatic N) is 1. The summed E-state index contributed by atoms with van der Waals surface area (Å²) in [5.74, 6) is -0.448. The molecule has 3 rings (SSSR count). The molecule has 0 atom stereocenters. The van der Waals surface area contributed by atoms with Gasteiger partial charge in [0, 0.05) is 21.4 Å². The highest BCUT2D eigenvalue weighted by molar-refractivity contribution is 8.00. The van der Waals surface area contributed by atoms with Crippen LogP contribution in [-0.2, 0) is 4.79 Å². The van der Waals surface area contributed by atoms with Crippen molar-refractivity contribution >= 4 is 40.0 Å². The molecule has 30 heavy (non-hydrogen) atoms. The molecule has 2 aromatic carbocycles. The zero-order chi connectivity index (χ0) is 21.7. The molecule has 8 heteroatoms.